The van der Waals surface area contributed by atoms with Crippen molar-refractivity contribution in [3.8, 4) is 0 Å². The molecule has 0 N–H and O–H groups in total. The minimum Gasteiger partial charge on any atom is -0.548 e. The van der Waals surface area contributed by atoms with E-state index in [9.17, 15) is 14.7 Å². The number of carboxylic acid groups (broad SMARTS) is 1. The normalized spacial score (nSPS) is 24.5. The molecule has 0 unspecified atom stereocenters. The lowest BCUT2D eigenvalue weighted by Gasteiger charge is -2.25. The van der Waals surface area contributed by atoms with E-state index in [1.54, 1.807) is 23.1 Å². The van der Waals surface area contributed by atoms with Gasteiger partial charge in [-0.05, 0) is 36.7 Å². The van der Waals surface area contributed by atoms with Gasteiger partial charge in [0, 0.05) is 12.6 Å². The number of rotatable bonds is 2. The largest absolute Gasteiger partial charge is 0.548 e. The number of likely N-dealkylation sites (tertiary alicyclic amines) is 1. The third-order valence-corrected chi connectivity index (χ3v) is 4.22. The molecule has 6 nitrogen and oxygen atoms in total. The predicted molar refractivity (Wildman–Crippen MR) is 71.5 cm³/mol. The molecule has 0 aliphatic carbocycles. The maximum absolute atomic E-state index is 11.8. The van der Waals surface area contributed by atoms with Crippen LogP contribution in [-0.2, 0) is 9.59 Å². The van der Waals surface area contributed by atoms with E-state index in [-0.39, 0.29) is 5.91 Å². The summed E-state index contributed by atoms with van der Waals surface area (Å²) in [7, 11) is 0. The summed E-state index contributed by atoms with van der Waals surface area (Å²) >= 11 is 1.17. The number of amidine groups is 1. The van der Waals surface area contributed by atoms with Gasteiger partial charge < -0.3 is 19.2 Å². The summed E-state index contributed by atoms with van der Waals surface area (Å²) in [4.78, 5) is 28.9. The Hall–Kier alpha value is -2.02. The first-order valence-corrected chi connectivity index (χ1v) is 7.00. The lowest BCUT2D eigenvalue weighted by molar-refractivity contribution is -0.309. The number of carbonyl (C=O) groups excluding carboxylic acids is 2. The molecule has 3 rings (SSSR count). The summed E-state index contributed by atoms with van der Waals surface area (Å²) in [6.07, 6.45) is 4.40. The van der Waals surface area contributed by atoms with Crippen molar-refractivity contribution in [2.45, 2.75) is 18.9 Å². The Bertz CT molecular complexity index is 606. The topological polar surface area (TPSA) is 85.9 Å². The Kier molecular flexibility index (Phi) is 3.35. The summed E-state index contributed by atoms with van der Waals surface area (Å²) in [5.74, 6) is -0.928. The first-order valence-electron chi connectivity index (χ1n) is 6.19. The minimum atomic E-state index is -1.12. The Morgan fingerprint density at radius 3 is 3.15 bits per heavy atom. The van der Waals surface area contributed by atoms with Crippen LogP contribution in [0.2, 0.25) is 0 Å². The first-order chi connectivity index (χ1) is 9.65. The second-order valence-corrected chi connectivity index (χ2v) is 5.51. The van der Waals surface area contributed by atoms with Gasteiger partial charge in [0.1, 0.15) is 5.76 Å². The Labute approximate surface area is 119 Å². The number of hydrogen-bond donors (Lipinski definition) is 0. The van der Waals surface area contributed by atoms with Crippen molar-refractivity contribution in [2.24, 2.45) is 4.99 Å². The van der Waals surface area contributed by atoms with Crippen LogP contribution in [0, 0.1) is 0 Å². The van der Waals surface area contributed by atoms with Crippen LogP contribution in [0.4, 0.5) is 0 Å². The monoisotopic (exact) mass is 291 g/mol. The summed E-state index contributed by atoms with van der Waals surface area (Å²) in [5.41, 5.74) is 0. The van der Waals surface area contributed by atoms with Crippen molar-refractivity contribution in [1.29, 1.82) is 0 Å². The van der Waals surface area contributed by atoms with Crippen LogP contribution in [0.15, 0.2) is 32.7 Å². The molecule has 1 aromatic rings. The van der Waals surface area contributed by atoms with Crippen LogP contribution in [0.1, 0.15) is 18.6 Å². The van der Waals surface area contributed by atoms with Gasteiger partial charge in [-0.1, -0.05) is 0 Å². The quantitative estimate of drug-likeness (QED) is 0.736. The molecule has 1 fully saturated rings. The Balaban J connectivity index is 1.79. The SMILES string of the molecule is O=C1N=C(N2CCC[C@H]2C(=O)[O-])S/C1=C\c1ccco1. The zero-order valence-corrected chi connectivity index (χ0v) is 11.3. The third kappa shape index (κ3) is 2.36. The number of nitrogens with zero attached hydrogens (tertiary/aromatic N) is 2. The number of aliphatic imine (C=N–C) groups is 1. The highest BCUT2D eigenvalue weighted by Gasteiger charge is 2.33. The van der Waals surface area contributed by atoms with E-state index in [2.05, 4.69) is 4.99 Å². The fraction of sp³-hybridized carbons (Fsp3) is 0.308. The van der Waals surface area contributed by atoms with Crippen LogP contribution in [-0.4, -0.2) is 34.5 Å². The molecule has 0 radical (unpaired) electrons. The molecular weight excluding hydrogens is 280 g/mol. The van der Waals surface area contributed by atoms with Crippen LogP contribution in [0.3, 0.4) is 0 Å². The molecule has 2 aliphatic rings. The minimum absolute atomic E-state index is 0.370. The van der Waals surface area contributed by atoms with Crippen LogP contribution in [0.25, 0.3) is 6.08 Å². The van der Waals surface area contributed by atoms with Crippen molar-refractivity contribution in [1.82, 2.24) is 4.90 Å². The standard InChI is InChI=1S/C13H12N2O4S/c16-11-10(7-8-3-2-6-19-8)20-13(14-11)15-5-1-4-9(15)12(17)18/h2-3,6-7,9H,1,4-5H2,(H,17,18)/p-1/b10-7-/t9-/m0/s1. The van der Waals surface area contributed by atoms with Gasteiger partial charge in [-0.3, -0.25) is 4.79 Å². The molecule has 0 saturated carbocycles. The first kappa shape index (κ1) is 13.0. The molecule has 3 heterocycles. The van der Waals surface area contributed by atoms with Gasteiger partial charge in [-0.15, -0.1) is 0 Å². The van der Waals surface area contributed by atoms with Gasteiger partial charge in [0.25, 0.3) is 5.91 Å². The number of carbonyl (C=O) groups is 2. The Morgan fingerprint density at radius 1 is 1.60 bits per heavy atom. The molecule has 7 heteroatoms. The molecule has 2 aliphatic heterocycles. The molecule has 1 amide bonds. The van der Waals surface area contributed by atoms with Crippen molar-refractivity contribution in [2.75, 3.05) is 6.54 Å². The van der Waals surface area contributed by atoms with Crippen molar-refractivity contribution >= 4 is 34.9 Å². The second kappa shape index (κ2) is 5.16. The van der Waals surface area contributed by atoms with E-state index in [0.29, 0.717) is 28.8 Å². The number of carboxylic acids is 1. The highest BCUT2D eigenvalue weighted by molar-refractivity contribution is 8.18. The highest BCUT2D eigenvalue weighted by Crippen LogP contribution is 2.33. The smallest absolute Gasteiger partial charge is 0.286 e. The lowest BCUT2D eigenvalue weighted by Crippen LogP contribution is -2.45. The fourth-order valence-corrected chi connectivity index (χ4v) is 3.23. The number of hydrogen-bond acceptors (Lipinski definition) is 6. The molecule has 104 valence electrons. The molecule has 0 aromatic carbocycles. The summed E-state index contributed by atoms with van der Waals surface area (Å²) in [6.45, 7) is 0.575. The second-order valence-electron chi connectivity index (χ2n) is 4.50. The average Bonchev–Trinajstić information content (AvgIpc) is 3.11. The molecule has 20 heavy (non-hydrogen) atoms. The van der Waals surface area contributed by atoms with E-state index < -0.39 is 12.0 Å². The molecule has 1 aromatic heterocycles. The van der Waals surface area contributed by atoms with Gasteiger partial charge in [-0.25, -0.2) is 0 Å². The summed E-state index contributed by atoms with van der Waals surface area (Å²) in [5, 5.41) is 11.5. The van der Waals surface area contributed by atoms with Crippen LogP contribution < -0.4 is 5.11 Å². The number of thioether (sulfide) groups is 1. The van der Waals surface area contributed by atoms with Gasteiger partial charge in [0.2, 0.25) is 0 Å². The average molecular weight is 291 g/mol. The number of amides is 1. The van der Waals surface area contributed by atoms with Gasteiger partial charge >= 0.3 is 0 Å². The van der Waals surface area contributed by atoms with Crippen molar-refractivity contribution < 1.29 is 19.1 Å². The predicted octanol–water partition coefficient (Wildman–Crippen LogP) is 0.464. The lowest BCUT2D eigenvalue weighted by atomic mass is 10.2. The van der Waals surface area contributed by atoms with Gasteiger partial charge in [0.05, 0.1) is 23.2 Å². The van der Waals surface area contributed by atoms with E-state index in [0.717, 1.165) is 6.42 Å². The van der Waals surface area contributed by atoms with E-state index >= 15 is 0 Å². The third-order valence-electron chi connectivity index (χ3n) is 3.20. The zero-order chi connectivity index (χ0) is 14.1. The number of aliphatic carboxylic acids is 1. The fourth-order valence-electron chi connectivity index (χ4n) is 2.26. The van der Waals surface area contributed by atoms with Crippen LogP contribution in [0.5, 0.6) is 0 Å². The maximum atomic E-state index is 11.8. The maximum Gasteiger partial charge on any atom is 0.286 e. The van der Waals surface area contributed by atoms with E-state index in [4.69, 9.17) is 4.42 Å². The van der Waals surface area contributed by atoms with E-state index in [1.807, 2.05) is 0 Å². The van der Waals surface area contributed by atoms with Crippen molar-refractivity contribution in [3.63, 3.8) is 0 Å². The molecule has 1 saturated heterocycles. The number of furan rings is 1. The van der Waals surface area contributed by atoms with Gasteiger partial charge in [-0.2, -0.15) is 4.99 Å². The summed E-state index contributed by atoms with van der Waals surface area (Å²) in [6, 6.07) is 2.76. The highest BCUT2D eigenvalue weighted by atomic mass is 32.2. The molecule has 0 spiro atoms. The molecular formula is C13H11N2O4S-. The van der Waals surface area contributed by atoms with E-state index in [1.165, 1.54) is 18.0 Å². The summed E-state index contributed by atoms with van der Waals surface area (Å²) < 4.78 is 5.15. The Morgan fingerprint density at radius 2 is 2.45 bits per heavy atom. The van der Waals surface area contributed by atoms with Crippen LogP contribution >= 0.6 is 11.8 Å². The zero-order valence-electron chi connectivity index (χ0n) is 10.4. The molecule has 1 atom stereocenters. The molecule has 0 bridgehead atoms. The van der Waals surface area contributed by atoms with Gasteiger partial charge in [0.15, 0.2) is 5.17 Å². The van der Waals surface area contributed by atoms with Crippen molar-refractivity contribution in [3.05, 3.63) is 29.1 Å².